The second kappa shape index (κ2) is 6.61. The van der Waals surface area contributed by atoms with Crippen LogP contribution in [-0.2, 0) is 0 Å². The molecule has 2 atom stereocenters. The van der Waals surface area contributed by atoms with Gasteiger partial charge in [-0.25, -0.2) is 0 Å². The van der Waals surface area contributed by atoms with E-state index in [1.165, 1.54) is 25.7 Å². The van der Waals surface area contributed by atoms with Gasteiger partial charge in [0.15, 0.2) is 0 Å². The summed E-state index contributed by atoms with van der Waals surface area (Å²) in [5.41, 5.74) is 6.01. The fraction of sp³-hybridized carbons (Fsp3) is 1.00. The summed E-state index contributed by atoms with van der Waals surface area (Å²) in [6, 6.07) is 1.10. The van der Waals surface area contributed by atoms with Crippen molar-refractivity contribution in [2.45, 2.75) is 65.5 Å². The zero-order chi connectivity index (χ0) is 12.1. The van der Waals surface area contributed by atoms with Crippen LogP contribution in [0, 0.1) is 17.8 Å². The van der Waals surface area contributed by atoms with Crippen molar-refractivity contribution in [3.05, 3.63) is 0 Å². The monoisotopic (exact) mass is 226 g/mol. The topological polar surface area (TPSA) is 38.0 Å². The van der Waals surface area contributed by atoms with E-state index in [1.807, 2.05) is 0 Å². The third-order valence-electron chi connectivity index (χ3n) is 4.07. The van der Waals surface area contributed by atoms with Crippen LogP contribution in [0.4, 0.5) is 0 Å². The molecule has 1 aliphatic carbocycles. The van der Waals surface area contributed by atoms with Crippen molar-refractivity contribution in [3.8, 4) is 0 Å². The van der Waals surface area contributed by atoms with Gasteiger partial charge in [0.05, 0.1) is 0 Å². The Morgan fingerprint density at radius 2 is 1.75 bits per heavy atom. The highest BCUT2D eigenvalue weighted by Crippen LogP contribution is 2.21. The van der Waals surface area contributed by atoms with E-state index < -0.39 is 0 Å². The third-order valence-corrected chi connectivity index (χ3v) is 4.07. The number of nitrogens with one attached hydrogen (secondary N) is 1. The molecule has 96 valence electrons. The first-order chi connectivity index (χ1) is 7.50. The molecule has 0 aromatic carbocycles. The number of hydrogen-bond donors (Lipinski definition) is 2. The fourth-order valence-electron chi connectivity index (χ4n) is 2.96. The van der Waals surface area contributed by atoms with Crippen LogP contribution in [-0.4, -0.2) is 18.6 Å². The van der Waals surface area contributed by atoms with Gasteiger partial charge in [0.2, 0.25) is 0 Å². The van der Waals surface area contributed by atoms with E-state index in [4.69, 9.17) is 5.73 Å². The number of hydrogen-bond acceptors (Lipinski definition) is 2. The van der Waals surface area contributed by atoms with Crippen molar-refractivity contribution in [2.24, 2.45) is 23.5 Å². The lowest BCUT2D eigenvalue weighted by molar-refractivity contribution is 0.246. The molecule has 0 aromatic rings. The van der Waals surface area contributed by atoms with Gasteiger partial charge in [-0.05, 0) is 43.6 Å². The maximum absolute atomic E-state index is 6.01. The summed E-state index contributed by atoms with van der Waals surface area (Å²) in [6.07, 6.45) is 5.00. The molecule has 1 rings (SSSR count). The average Bonchev–Trinajstić information content (AvgIpc) is 2.16. The second-order valence-electron chi connectivity index (χ2n) is 6.18. The molecule has 0 radical (unpaired) electrons. The van der Waals surface area contributed by atoms with Gasteiger partial charge in [0.1, 0.15) is 0 Å². The predicted octanol–water partition coefficient (Wildman–Crippen LogP) is 2.77. The van der Waals surface area contributed by atoms with E-state index >= 15 is 0 Å². The molecule has 3 N–H and O–H groups in total. The van der Waals surface area contributed by atoms with Crippen molar-refractivity contribution in [1.82, 2.24) is 5.32 Å². The maximum atomic E-state index is 6.01. The Hall–Kier alpha value is -0.0800. The van der Waals surface area contributed by atoms with Gasteiger partial charge in [-0.1, -0.05) is 34.1 Å². The fourth-order valence-corrected chi connectivity index (χ4v) is 2.96. The summed E-state index contributed by atoms with van der Waals surface area (Å²) in [5, 5.41) is 3.73. The molecule has 1 aliphatic rings. The van der Waals surface area contributed by atoms with Gasteiger partial charge in [0, 0.05) is 12.1 Å². The largest absolute Gasteiger partial charge is 0.328 e. The average molecular weight is 226 g/mol. The summed E-state index contributed by atoms with van der Waals surface area (Å²) in [7, 11) is 0. The first-order valence-electron chi connectivity index (χ1n) is 6.99. The molecular weight excluding hydrogens is 196 g/mol. The molecule has 2 nitrogen and oxygen atoms in total. The van der Waals surface area contributed by atoms with Crippen molar-refractivity contribution in [1.29, 1.82) is 0 Å². The Labute approximate surface area is 101 Å². The van der Waals surface area contributed by atoms with Crippen LogP contribution in [0.5, 0.6) is 0 Å². The summed E-state index contributed by atoms with van der Waals surface area (Å²) in [4.78, 5) is 0. The number of nitrogens with two attached hydrogens (primary N) is 1. The molecule has 0 aromatic heterocycles. The Balaban J connectivity index is 2.31. The van der Waals surface area contributed by atoms with Crippen molar-refractivity contribution < 1.29 is 0 Å². The second-order valence-corrected chi connectivity index (χ2v) is 6.18. The van der Waals surface area contributed by atoms with Crippen LogP contribution in [0.25, 0.3) is 0 Å². The summed E-state index contributed by atoms with van der Waals surface area (Å²) < 4.78 is 0. The normalized spacial score (nSPS) is 27.0. The minimum Gasteiger partial charge on any atom is -0.328 e. The highest BCUT2D eigenvalue weighted by Gasteiger charge is 2.22. The zero-order valence-corrected chi connectivity index (χ0v) is 11.5. The van der Waals surface area contributed by atoms with E-state index in [0.717, 1.165) is 24.3 Å². The van der Waals surface area contributed by atoms with Gasteiger partial charge < -0.3 is 11.1 Å². The van der Waals surface area contributed by atoms with Gasteiger partial charge >= 0.3 is 0 Å². The van der Waals surface area contributed by atoms with Gasteiger partial charge in [0.25, 0.3) is 0 Å². The molecule has 1 saturated carbocycles. The lowest BCUT2D eigenvalue weighted by Crippen LogP contribution is -2.42. The van der Waals surface area contributed by atoms with Crippen LogP contribution in [0.3, 0.4) is 0 Å². The van der Waals surface area contributed by atoms with Crippen molar-refractivity contribution >= 4 is 0 Å². The highest BCUT2D eigenvalue weighted by atomic mass is 14.9. The molecule has 16 heavy (non-hydrogen) atoms. The van der Waals surface area contributed by atoms with Crippen LogP contribution >= 0.6 is 0 Å². The molecule has 0 heterocycles. The lowest BCUT2D eigenvalue weighted by atomic mass is 9.84. The molecule has 0 aliphatic heterocycles. The first-order valence-corrected chi connectivity index (χ1v) is 6.99. The minimum atomic E-state index is 0.433. The smallest absolute Gasteiger partial charge is 0.00819 e. The molecule has 2 unspecified atom stereocenters. The van der Waals surface area contributed by atoms with Crippen LogP contribution in [0.15, 0.2) is 0 Å². The van der Waals surface area contributed by atoms with Crippen LogP contribution < -0.4 is 11.1 Å². The lowest BCUT2D eigenvalue weighted by Gasteiger charge is -2.31. The number of rotatable bonds is 5. The molecule has 0 spiro atoms. The first kappa shape index (κ1) is 14.0. The molecule has 0 saturated heterocycles. The van der Waals surface area contributed by atoms with Crippen molar-refractivity contribution in [3.63, 3.8) is 0 Å². The third kappa shape index (κ3) is 4.42. The quantitative estimate of drug-likeness (QED) is 0.756. The maximum Gasteiger partial charge on any atom is 0.00819 e. The summed E-state index contributed by atoms with van der Waals surface area (Å²) >= 11 is 0. The summed E-state index contributed by atoms with van der Waals surface area (Å²) in [5.74, 6) is 2.33. The molecule has 0 bridgehead atoms. The van der Waals surface area contributed by atoms with Gasteiger partial charge in [-0.15, -0.1) is 0 Å². The highest BCUT2D eigenvalue weighted by molar-refractivity contribution is 4.81. The van der Waals surface area contributed by atoms with E-state index in [9.17, 15) is 0 Å². The Bertz CT molecular complexity index is 181. The van der Waals surface area contributed by atoms with Gasteiger partial charge in [-0.2, -0.15) is 0 Å². The Morgan fingerprint density at radius 1 is 1.12 bits per heavy atom. The standard InChI is InChI=1S/C14H30N2/c1-10(2)14(11(3)4)9-16-13-7-5-6-12(15)8-13/h10-14,16H,5-9,15H2,1-4H3. The van der Waals surface area contributed by atoms with Crippen LogP contribution in [0.2, 0.25) is 0 Å². The van der Waals surface area contributed by atoms with Crippen molar-refractivity contribution in [2.75, 3.05) is 6.54 Å². The Morgan fingerprint density at radius 3 is 2.25 bits per heavy atom. The molecule has 1 fully saturated rings. The van der Waals surface area contributed by atoms with E-state index in [2.05, 4.69) is 33.0 Å². The molecule has 2 heteroatoms. The molecule has 0 amide bonds. The van der Waals surface area contributed by atoms with E-state index in [-0.39, 0.29) is 0 Å². The van der Waals surface area contributed by atoms with Crippen LogP contribution in [0.1, 0.15) is 53.4 Å². The van der Waals surface area contributed by atoms with Gasteiger partial charge in [-0.3, -0.25) is 0 Å². The Kier molecular flexibility index (Phi) is 5.77. The molecular formula is C14H30N2. The predicted molar refractivity (Wildman–Crippen MR) is 71.4 cm³/mol. The van der Waals surface area contributed by atoms with E-state index in [1.54, 1.807) is 0 Å². The minimum absolute atomic E-state index is 0.433. The summed E-state index contributed by atoms with van der Waals surface area (Å²) in [6.45, 7) is 10.5. The van der Waals surface area contributed by atoms with E-state index in [0.29, 0.717) is 12.1 Å². The zero-order valence-electron chi connectivity index (χ0n) is 11.5. The SMILES string of the molecule is CC(C)C(CNC1CCCC(N)C1)C(C)C.